The van der Waals surface area contributed by atoms with Crippen LogP contribution in [0.1, 0.15) is 48.2 Å². The molecule has 204 valence electrons. The first-order chi connectivity index (χ1) is 19.7. The number of rotatable bonds is 6. The van der Waals surface area contributed by atoms with Crippen molar-refractivity contribution in [3.8, 4) is 5.69 Å². The Hall–Kier alpha value is -4.30. The standard InChI is InChI=1S/C32H34N6O2/c39-30(34-25-14-18-33-19-15-25)13-10-24-8-11-27(12-9-24)38-29-7-3-2-6-28(29)31(35-38)32(40)37-22-16-26(17-23-37)36-20-4-1-5-21-36/h2-3,6-15,18-19,26H,1,4-5,16-17,20-23H2,(H,33,34,39). The van der Waals surface area contributed by atoms with Gasteiger partial charge in [-0.15, -0.1) is 0 Å². The number of hydrogen-bond donors (Lipinski definition) is 1. The van der Waals surface area contributed by atoms with Gasteiger partial charge in [0.15, 0.2) is 5.69 Å². The average Bonchev–Trinajstić information content (AvgIpc) is 3.41. The molecule has 0 atom stereocenters. The molecule has 0 saturated carbocycles. The van der Waals surface area contributed by atoms with E-state index in [0.29, 0.717) is 17.4 Å². The summed E-state index contributed by atoms with van der Waals surface area (Å²) >= 11 is 0. The van der Waals surface area contributed by atoms with Gasteiger partial charge < -0.3 is 15.1 Å². The van der Waals surface area contributed by atoms with Crippen LogP contribution in [0.3, 0.4) is 0 Å². The molecule has 2 saturated heterocycles. The Kier molecular flexibility index (Phi) is 7.68. The van der Waals surface area contributed by atoms with E-state index in [1.807, 2.05) is 58.1 Å². The van der Waals surface area contributed by atoms with Crippen LogP contribution in [0, 0.1) is 0 Å². The van der Waals surface area contributed by atoms with Gasteiger partial charge in [-0.3, -0.25) is 14.6 Å². The number of nitrogens with zero attached hydrogens (tertiary/aromatic N) is 5. The molecule has 2 aliphatic heterocycles. The summed E-state index contributed by atoms with van der Waals surface area (Å²) in [5.41, 5.74) is 3.84. The maximum Gasteiger partial charge on any atom is 0.275 e. The van der Waals surface area contributed by atoms with Crippen LogP contribution >= 0.6 is 0 Å². The molecule has 2 fully saturated rings. The summed E-state index contributed by atoms with van der Waals surface area (Å²) < 4.78 is 1.84. The highest BCUT2D eigenvalue weighted by Gasteiger charge is 2.30. The predicted molar refractivity (Wildman–Crippen MR) is 157 cm³/mol. The van der Waals surface area contributed by atoms with Crippen molar-refractivity contribution in [1.29, 1.82) is 0 Å². The van der Waals surface area contributed by atoms with Gasteiger partial charge in [-0.05, 0) is 80.7 Å². The zero-order valence-corrected chi connectivity index (χ0v) is 22.6. The van der Waals surface area contributed by atoms with Crippen molar-refractivity contribution in [3.63, 3.8) is 0 Å². The molecular weight excluding hydrogens is 500 g/mol. The Bertz CT molecular complexity index is 1500. The number of pyridine rings is 1. The highest BCUT2D eigenvalue weighted by molar-refractivity contribution is 6.05. The van der Waals surface area contributed by atoms with Gasteiger partial charge in [0, 0.05) is 48.7 Å². The molecule has 2 amide bonds. The topological polar surface area (TPSA) is 83.4 Å². The number of benzene rings is 2. The number of carbonyl (C=O) groups excluding carboxylic acids is 2. The summed E-state index contributed by atoms with van der Waals surface area (Å²) in [5.74, 6) is -0.205. The summed E-state index contributed by atoms with van der Waals surface area (Å²) in [6, 6.07) is 19.8. The van der Waals surface area contributed by atoms with Crippen LogP contribution in [0.15, 0.2) is 79.1 Å². The minimum atomic E-state index is -0.212. The van der Waals surface area contributed by atoms with E-state index in [-0.39, 0.29) is 11.8 Å². The van der Waals surface area contributed by atoms with Crippen molar-refractivity contribution >= 4 is 34.5 Å². The van der Waals surface area contributed by atoms with Crippen LogP contribution in [0.25, 0.3) is 22.7 Å². The molecule has 8 heteroatoms. The van der Waals surface area contributed by atoms with Crippen LogP contribution in [-0.4, -0.2) is 68.6 Å². The van der Waals surface area contributed by atoms with E-state index in [0.717, 1.165) is 48.1 Å². The third-order valence-electron chi connectivity index (χ3n) is 7.96. The first-order valence-electron chi connectivity index (χ1n) is 14.2. The van der Waals surface area contributed by atoms with E-state index in [9.17, 15) is 9.59 Å². The van der Waals surface area contributed by atoms with Gasteiger partial charge in [-0.1, -0.05) is 36.8 Å². The van der Waals surface area contributed by atoms with E-state index < -0.39 is 0 Å². The monoisotopic (exact) mass is 534 g/mol. The van der Waals surface area contributed by atoms with Gasteiger partial charge in [0.05, 0.1) is 11.2 Å². The lowest BCUT2D eigenvalue weighted by molar-refractivity contribution is -0.111. The average molecular weight is 535 g/mol. The van der Waals surface area contributed by atoms with E-state index >= 15 is 0 Å². The Morgan fingerprint density at radius 1 is 0.850 bits per heavy atom. The van der Waals surface area contributed by atoms with Crippen LogP contribution < -0.4 is 5.32 Å². The molecule has 0 aliphatic carbocycles. The molecule has 0 spiro atoms. The minimum Gasteiger partial charge on any atom is -0.337 e. The Labute approximate surface area is 234 Å². The molecule has 1 N–H and O–H groups in total. The van der Waals surface area contributed by atoms with Crippen molar-refractivity contribution < 1.29 is 9.59 Å². The van der Waals surface area contributed by atoms with Gasteiger partial charge in [-0.2, -0.15) is 5.10 Å². The van der Waals surface area contributed by atoms with Gasteiger partial charge in [0.2, 0.25) is 5.91 Å². The van der Waals surface area contributed by atoms with Gasteiger partial charge in [0.25, 0.3) is 5.91 Å². The zero-order valence-electron chi connectivity index (χ0n) is 22.6. The highest BCUT2D eigenvalue weighted by atomic mass is 16.2. The molecule has 0 bridgehead atoms. The minimum absolute atomic E-state index is 0.00630. The van der Waals surface area contributed by atoms with Crippen LogP contribution in [0.4, 0.5) is 5.69 Å². The third kappa shape index (κ3) is 5.67. The predicted octanol–water partition coefficient (Wildman–Crippen LogP) is 5.16. The molecule has 2 aromatic heterocycles. The lowest BCUT2D eigenvalue weighted by Gasteiger charge is -2.40. The highest BCUT2D eigenvalue weighted by Crippen LogP contribution is 2.26. The molecule has 2 aliphatic rings. The Morgan fingerprint density at radius 3 is 2.33 bits per heavy atom. The second-order valence-electron chi connectivity index (χ2n) is 10.5. The first kappa shape index (κ1) is 26.0. The second-order valence-corrected chi connectivity index (χ2v) is 10.5. The number of carbonyl (C=O) groups is 2. The van der Waals surface area contributed by atoms with Crippen LogP contribution in [-0.2, 0) is 4.79 Å². The first-order valence-corrected chi connectivity index (χ1v) is 14.2. The molecule has 0 unspecified atom stereocenters. The maximum absolute atomic E-state index is 13.7. The molecule has 0 radical (unpaired) electrons. The summed E-state index contributed by atoms with van der Waals surface area (Å²) in [6.45, 7) is 3.94. The van der Waals surface area contributed by atoms with Crippen LogP contribution in [0.2, 0.25) is 0 Å². The number of para-hydroxylation sites is 1. The Balaban J connectivity index is 1.16. The normalized spacial score (nSPS) is 16.9. The van der Waals surface area contributed by atoms with Gasteiger partial charge in [-0.25, -0.2) is 4.68 Å². The van der Waals surface area contributed by atoms with Crippen molar-refractivity contribution in [3.05, 3.63) is 90.4 Å². The second kappa shape index (κ2) is 11.8. The molecule has 2 aromatic carbocycles. The number of fused-ring (bicyclic) bond motifs is 1. The molecule has 40 heavy (non-hydrogen) atoms. The smallest absolute Gasteiger partial charge is 0.275 e. The third-order valence-corrected chi connectivity index (χ3v) is 7.96. The van der Waals surface area contributed by atoms with Gasteiger partial charge in [0.1, 0.15) is 0 Å². The maximum atomic E-state index is 13.7. The van der Waals surface area contributed by atoms with Crippen LogP contribution in [0.5, 0.6) is 0 Å². The summed E-state index contributed by atoms with van der Waals surface area (Å²) in [5, 5.41) is 8.50. The SMILES string of the molecule is O=C(C=Cc1ccc(-n2nc(C(=O)N3CCC(N4CCCCC4)CC3)c3ccccc32)cc1)Nc1ccncc1. The lowest BCUT2D eigenvalue weighted by Crippen LogP contribution is -2.48. The number of piperidine rings is 2. The quantitative estimate of drug-likeness (QED) is 0.346. The number of amides is 2. The largest absolute Gasteiger partial charge is 0.337 e. The Morgan fingerprint density at radius 2 is 1.57 bits per heavy atom. The zero-order chi connectivity index (χ0) is 27.3. The summed E-state index contributed by atoms with van der Waals surface area (Å²) in [6.07, 6.45) is 12.5. The fourth-order valence-corrected chi connectivity index (χ4v) is 5.81. The van der Waals surface area contributed by atoms with E-state index in [1.165, 1.54) is 38.4 Å². The number of aromatic nitrogens is 3. The van der Waals surface area contributed by atoms with Crippen molar-refractivity contribution in [2.75, 3.05) is 31.5 Å². The lowest BCUT2D eigenvalue weighted by atomic mass is 9.99. The van der Waals surface area contributed by atoms with Crippen molar-refractivity contribution in [2.24, 2.45) is 0 Å². The number of hydrogen-bond acceptors (Lipinski definition) is 5. The van der Waals surface area contributed by atoms with Crippen molar-refractivity contribution in [2.45, 2.75) is 38.1 Å². The molecule has 6 rings (SSSR count). The number of anilines is 1. The van der Waals surface area contributed by atoms with E-state index in [2.05, 4.69) is 15.2 Å². The van der Waals surface area contributed by atoms with E-state index in [4.69, 9.17) is 5.10 Å². The van der Waals surface area contributed by atoms with E-state index in [1.54, 1.807) is 30.6 Å². The number of likely N-dealkylation sites (tertiary alicyclic amines) is 2. The molecule has 4 heterocycles. The fraction of sp³-hybridized carbons (Fsp3) is 0.312. The fourth-order valence-electron chi connectivity index (χ4n) is 5.81. The van der Waals surface area contributed by atoms with Crippen molar-refractivity contribution in [1.82, 2.24) is 24.6 Å². The summed E-state index contributed by atoms with van der Waals surface area (Å²) in [4.78, 5) is 34.5. The molecular formula is C32H34N6O2. The number of nitrogens with one attached hydrogen (secondary N) is 1. The summed E-state index contributed by atoms with van der Waals surface area (Å²) in [7, 11) is 0. The molecule has 8 nitrogen and oxygen atoms in total. The molecule has 4 aromatic rings. The van der Waals surface area contributed by atoms with Gasteiger partial charge >= 0.3 is 0 Å².